The number of nitrogens with one attached hydrogen (secondary N) is 3. The quantitative estimate of drug-likeness (QED) is 0.543. The summed E-state index contributed by atoms with van der Waals surface area (Å²) in [6.45, 7) is 0.0615. The van der Waals surface area contributed by atoms with Gasteiger partial charge in [0.05, 0.1) is 23.4 Å². The first-order chi connectivity index (χ1) is 12.9. The Bertz CT molecular complexity index is 1020. The van der Waals surface area contributed by atoms with E-state index in [0.717, 1.165) is 0 Å². The molecule has 0 bridgehead atoms. The number of para-hydroxylation sites is 1. The Morgan fingerprint density at radius 1 is 1.00 bits per heavy atom. The van der Waals surface area contributed by atoms with Crippen molar-refractivity contribution in [3.8, 4) is 0 Å². The standard InChI is InChI=1S/C18H16FN3O3S2/c19-16-5-1-2-6-17(16)22-18(26)21-13-7-9-15(10-8-13)27(23,24)20-12-14-4-3-11-25-14/h1-11,20H,12H2,(H2,21,22,26). The lowest BCUT2D eigenvalue weighted by atomic mass is 10.3. The minimum absolute atomic E-state index is 0.0615. The maximum absolute atomic E-state index is 13.6. The molecule has 140 valence electrons. The Kier molecular flexibility index (Phi) is 5.84. The summed E-state index contributed by atoms with van der Waals surface area (Å²) in [5, 5.41) is 5.80. The number of hydrogen-bond acceptors (Lipinski definition) is 4. The summed E-state index contributed by atoms with van der Waals surface area (Å²) in [4.78, 5) is 0.104. The normalized spacial score (nSPS) is 11.1. The molecule has 3 aromatic rings. The lowest BCUT2D eigenvalue weighted by Gasteiger charge is -2.12. The first-order valence-corrected chi connectivity index (χ1v) is 9.78. The molecule has 3 N–H and O–H groups in total. The van der Waals surface area contributed by atoms with Crippen molar-refractivity contribution in [1.82, 2.24) is 4.72 Å². The van der Waals surface area contributed by atoms with Gasteiger partial charge >= 0.3 is 0 Å². The van der Waals surface area contributed by atoms with Crippen LogP contribution in [0.3, 0.4) is 0 Å². The lowest BCUT2D eigenvalue weighted by Crippen LogP contribution is -2.23. The first kappa shape index (κ1) is 19.0. The van der Waals surface area contributed by atoms with Crippen LogP contribution in [0.4, 0.5) is 15.8 Å². The Morgan fingerprint density at radius 2 is 1.74 bits per heavy atom. The van der Waals surface area contributed by atoms with Gasteiger partial charge in [-0.2, -0.15) is 0 Å². The predicted molar refractivity (Wildman–Crippen MR) is 105 cm³/mol. The van der Waals surface area contributed by atoms with Crippen molar-refractivity contribution in [2.24, 2.45) is 0 Å². The number of sulfonamides is 1. The number of furan rings is 1. The van der Waals surface area contributed by atoms with Crippen LogP contribution in [0, 0.1) is 5.82 Å². The van der Waals surface area contributed by atoms with Gasteiger partial charge in [0, 0.05) is 5.69 Å². The van der Waals surface area contributed by atoms with Crippen molar-refractivity contribution in [2.45, 2.75) is 11.4 Å². The molecule has 0 saturated heterocycles. The van der Waals surface area contributed by atoms with E-state index >= 15 is 0 Å². The maximum Gasteiger partial charge on any atom is 0.240 e. The average Bonchev–Trinajstić information content (AvgIpc) is 3.16. The Hall–Kier alpha value is -2.75. The Morgan fingerprint density at radius 3 is 2.41 bits per heavy atom. The molecule has 0 radical (unpaired) electrons. The van der Waals surface area contributed by atoms with Crippen LogP contribution in [0.2, 0.25) is 0 Å². The third-order valence-corrected chi connectivity index (χ3v) is 5.18. The van der Waals surface area contributed by atoms with Crippen molar-refractivity contribution in [3.05, 3.63) is 78.5 Å². The van der Waals surface area contributed by atoms with Crippen molar-refractivity contribution in [3.63, 3.8) is 0 Å². The minimum Gasteiger partial charge on any atom is -0.468 e. The molecule has 1 aromatic heterocycles. The van der Waals surface area contributed by atoms with Gasteiger partial charge in [-0.25, -0.2) is 17.5 Å². The molecule has 27 heavy (non-hydrogen) atoms. The summed E-state index contributed by atoms with van der Waals surface area (Å²) in [6, 6.07) is 15.5. The van der Waals surface area contributed by atoms with Gasteiger partial charge in [0.1, 0.15) is 11.6 Å². The van der Waals surface area contributed by atoms with E-state index in [-0.39, 0.29) is 22.2 Å². The summed E-state index contributed by atoms with van der Waals surface area (Å²) in [5.74, 6) is 0.0900. The zero-order valence-electron chi connectivity index (χ0n) is 14.0. The third kappa shape index (κ3) is 5.13. The van der Waals surface area contributed by atoms with Gasteiger partial charge in [-0.3, -0.25) is 0 Å². The molecule has 0 fully saturated rings. The van der Waals surface area contributed by atoms with E-state index in [9.17, 15) is 12.8 Å². The van der Waals surface area contributed by atoms with Crippen molar-refractivity contribution < 1.29 is 17.2 Å². The van der Waals surface area contributed by atoms with Crippen LogP contribution in [0.1, 0.15) is 5.76 Å². The van der Waals surface area contributed by atoms with Gasteiger partial charge in [0.25, 0.3) is 0 Å². The molecule has 0 unspecified atom stereocenters. The van der Waals surface area contributed by atoms with Crippen LogP contribution < -0.4 is 15.4 Å². The number of hydrogen-bond donors (Lipinski definition) is 3. The molecule has 2 aromatic carbocycles. The number of halogens is 1. The van der Waals surface area contributed by atoms with Crippen LogP contribution >= 0.6 is 12.2 Å². The fourth-order valence-electron chi connectivity index (χ4n) is 2.23. The topological polar surface area (TPSA) is 83.4 Å². The fourth-order valence-corrected chi connectivity index (χ4v) is 3.45. The average molecular weight is 405 g/mol. The van der Waals surface area contributed by atoms with Crippen LogP contribution in [-0.4, -0.2) is 13.5 Å². The molecule has 1 heterocycles. The van der Waals surface area contributed by atoms with Gasteiger partial charge in [-0.05, 0) is 60.7 Å². The molecule has 0 aliphatic heterocycles. The van der Waals surface area contributed by atoms with E-state index in [2.05, 4.69) is 15.4 Å². The van der Waals surface area contributed by atoms with Crippen LogP contribution in [0.5, 0.6) is 0 Å². The van der Waals surface area contributed by atoms with Gasteiger partial charge in [-0.1, -0.05) is 12.1 Å². The van der Waals surface area contributed by atoms with Gasteiger partial charge in [0.2, 0.25) is 10.0 Å². The highest BCUT2D eigenvalue weighted by molar-refractivity contribution is 7.89. The molecule has 0 atom stereocenters. The van der Waals surface area contributed by atoms with Crippen molar-refractivity contribution in [2.75, 3.05) is 10.6 Å². The molecule has 0 amide bonds. The van der Waals surface area contributed by atoms with Gasteiger partial charge < -0.3 is 15.1 Å². The summed E-state index contributed by atoms with van der Waals surface area (Å²) in [5.41, 5.74) is 0.810. The monoisotopic (exact) mass is 405 g/mol. The van der Waals surface area contributed by atoms with Gasteiger partial charge in [0.15, 0.2) is 5.11 Å². The number of rotatable bonds is 6. The SMILES string of the molecule is O=S(=O)(NCc1ccco1)c1ccc(NC(=S)Nc2ccccc2F)cc1. The Balaban J connectivity index is 1.61. The van der Waals surface area contributed by atoms with E-state index in [0.29, 0.717) is 11.4 Å². The molecular formula is C18H16FN3O3S2. The van der Waals surface area contributed by atoms with Crippen LogP contribution in [0.15, 0.2) is 76.2 Å². The van der Waals surface area contributed by atoms with Crippen molar-refractivity contribution >= 4 is 38.7 Å². The highest BCUT2D eigenvalue weighted by Gasteiger charge is 2.14. The third-order valence-electron chi connectivity index (χ3n) is 3.56. The van der Waals surface area contributed by atoms with E-state index in [1.165, 1.54) is 24.5 Å². The molecule has 3 rings (SSSR count). The van der Waals surface area contributed by atoms with Crippen LogP contribution in [-0.2, 0) is 16.6 Å². The molecule has 6 nitrogen and oxygen atoms in total. The van der Waals surface area contributed by atoms with E-state index < -0.39 is 15.8 Å². The highest BCUT2D eigenvalue weighted by Crippen LogP contribution is 2.16. The van der Waals surface area contributed by atoms with E-state index in [1.54, 1.807) is 42.5 Å². The van der Waals surface area contributed by atoms with Crippen molar-refractivity contribution in [1.29, 1.82) is 0 Å². The minimum atomic E-state index is -3.67. The molecule has 0 spiro atoms. The largest absolute Gasteiger partial charge is 0.468 e. The highest BCUT2D eigenvalue weighted by atomic mass is 32.2. The second-order valence-corrected chi connectivity index (χ2v) is 7.66. The zero-order valence-corrected chi connectivity index (χ0v) is 15.6. The Labute approximate surface area is 161 Å². The lowest BCUT2D eigenvalue weighted by molar-refractivity contribution is 0.498. The summed E-state index contributed by atoms with van der Waals surface area (Å²) in [6.07, 6.45) is 1.47. The van der Waals surface area contributed by atoms with Gasteiger partial charge in [-0.15, -0.1) is 0 Å². The fraction of sp³-hybridized carbons (Fsp3) is 0.0556. The second kappa shape index (κ2) is 8.30. The van der Waals surface area contributed by atoms with E-state index in [1.807, 2.05) is 0 Å². The number of anilines is 2. The second-order valence-electron chi connectivity index (χ2n) is 5.49. The first-order valence-electron chi connectivity index (χ1n) is 7.89. The molecule has 0 saturated carbocycles. The number of benzene rings is 2. The maximum atomic E-state index is 13.6. The van der Waals surface area contributed by atoms with E-state index in [4.69, 9.17) is 16.6 Å². The summed E-state index contributed by atoms with van der Waals surface area (Å²) in [7, 11) is -3.67. The summed E-state index contributed by atoms with van der Waals surface area (Å²) >= 11 is 5.14. The molecule has 0 aliphatic carbocycles. The smallest absolute Gasteiger partial charge is 0.240 e. The molecule has 9 heteroatoms. The molecule has 0 aliphatic rings. The number of thiocarbonyl (C=S) groups is 1. The summed E-state index contributed by atoms with van der Waals surface area (Å²) < 4.78 is 45.7. The zero-order chi connectivity index (χ0) is 19.3. The predicted octanol–water partition coefficient (Wildman–Crippen LogP) is 3.71. The molecular weight excluding hydrogens is 389 g/mol. The van der Waals surface area contributed by atoms with Crippen LogP contribution in [0.25, 0.3) is 0 Å².